The molecular formula is C23H27N5O. The van der Waals surface area contributed by atoms with Gasteiger partial charge in [0, 0.05) is 38.6 Å². The molecule has 6 heteroatoms. The van der Waals surface area contributed by atoms with Crippen molar-refractivity contribution in [2.75, 3.05) is 25.5 Å². The first kappa shape index (κ1) is 19.3. The second kappa shape index (κ2) is 8.57. The van der Waals surface area contributed by atoms with Gasteiger partial charge in [-0.3, -0.25) is 14.7 Å². The van der Waals surface area contributed by atoms with Gasteiger partial charge in [0.1, 0.15) is 5.69 Å². The van der Waals surface area contributed by atoms with Crippen molar-refractivity contribution in [3.05, 3.63) is 76.3 Å². The Kier molecular flexibility index (Phi) is 5.71. The second-order valence-electron chi connectivity index (χ2n) is 7.78. The van der Waals surface area contributed by atoms with Gasteiger partial charge < -0.3 is 9.88 Å². The maximum absolute atomic E-state index is 12.3. The van der Waals surface area contributed by atoms with Crippen molar-refractivity contribution >= 4 is 5.69 Å². The Bertz CT molecular complexity index is 998. The summed E-state index contributed by atoms with van der Waals surface area (Å²) >= 11 is 0. The molecule has 0 spiro atoms. The van der Waals surface area contributed by atoms with Gasteiger partial charge in [-0.2, -0.15) is 0 Å². The molecule has 1 aliphatic heterocycles. The van der Waals surface area contributed by atoms with Gasteiger partial charge >= 0.3 is 0 Å². The van der Waals surface area contributed by atoms with E-state index in [2.05, 4.69) is 44.0 Å². The highest BCUT2D eigenvalue weighted by molar-refractivity contribution is 5.48. The Hall–Kier alpha value is -2.99. The molecule has 6 nitrogen and oxygen atoms in total. The molecule has 1 fully saturated rings. The third kappa shape index (κ3) is 4.54. The van der Waals surface area contributed by atoms with Crippen molar-refractivity contribution in [1.82, 2.24) is 19.9 Å². The number of H-pyrrole nitrogens is 1. The normalized spacial score (nSPS) is 17.2. The zero-order valence-corrected chi connectivity index (χ0v) is 17.0. The molecular weight excluding hydrogens is 362 g/mol. The average molecular weight is 390 g/mol. The van der Waals surface area contributed by atoms with Crippen LogP contribution < -0.4 is 10.5 Å². The summed E-state index contributed by atoms with van der Waals surface area (Å²) in [6.07, 6.45) is 5.04. The summed E-state index contributed by atoms with van der Waals surface area (Å²) in [7, 11) is 4.10. The van der Waals surface area contributed by atoms with Gasteiger partial charge in [0.05, 0.1) is 11.7 Å². The Morgan fingerprint density at radius 2 is 1.97 bits per heavy atom. The maximum atomic E-state index is 12.3. The number of benzene rings is 1. The molecule has 3 heterocycles. The van der Waals surface area contributed by atoms with E-state index in [0.29, 0.717) is 11.5 Å². The second-order valence-corrected chi connectivity index (χ2v) is 7.78. The quantitative estimate of drug-likeness (QED) is 0.722. The van der Waals surface area contributed by atoms with Crippen LogP contribution in [0.1, 0.15) is 36.6 Å². The van der Waals surface area contributed by atoms with Crippen LogP contribution in [0.5, 0.6) is 0 Å². The van der Waals surface area contributed by atoms with Gasteiger partial charge in [0.25, 0.3) is 5.56 Å². The van der Waals surface area contributed by atoms with Crippen LogP contribution in [-0.4, -0.2) is 40.5 Å². The number of likely N-dealkylation sites (tertiary alicyclic amines) is 1. The van der Waals surface area contributed by atoms with Crippen molar-refractivity contribution in [2.45, 2.75) is 31.8 Å². The third-order valence-electron chi connectivity index (χ3n) is 5.46. The highest BCUT2D eigenvalue weighted by Gasteiger charge is 2.26. The lowest BCUT2D eigenvalue weighted by Gasteiger charge is -2.35. The number of hydrogen-bond donors (Lipinski definition) is 1. The number of nitrogens with one attached hydrogen (secondary N) is 1. The summed E-state index contributed by atoms with van der Waals surface area (Å²) in [5.74, 6) is 0.536. The summed E-state index contributed by atoms with van der Waals surface area (Å²) in [5, 5.41) is 0. The van der Waals surface area contributed by atoms with Crippen molar-refractivity contribution < 1.29 is 0 Å². The van der Waals surface area contributed by atoms with Crippen LogP contribution in [0.4, 0.5) is 5.69 Å². The predicted octanol–water partition coefficient (Wildman–Crippen LogP) is 3.63. The van der Waals surface area contributed by atoms with Gasteiger partial charge in [-0.1, -0.05) is 24.6 Å². The van der Waals surface area contributed by atoms with Crippen molar-refractivity contribution in [2.24, 2.45) is 0 Å². The number of aromatic nitrogens is 3. The van der Waals surface area contributed by atoms with E-state index < -0.39 is 0 Å². The molecule has 29 heavy (non-hydrogen) atoms. The molecule has 1 aromatic carbocycles. The van der Waals surface area contributed by atoms with E-state index >= 15 is 0 Å². The monoisotopic (exact) mass is 389 g/mol. The van der Waals surface area contributed by atoms with E-state index in [1.54, 1.807) is 12.3 Å². The topological polar surface area (TPSA) is 65.1 Å². The molecule has 2 aromatic heterocycles. The number of hydrogen-bond acceptors (Lipinski definition) is 5. The lowest BCUT2D eigenvalue weighted by Crippen LogP contribution is -2.34. The zero-order valence-electron chi connectivity index (χ0n) is 17.0. The van der Waals surface area contributed by atoms with E-state index in [1.807, 2.05) is 32.3 Å². The number of rotatable bonds is 5. The highest BCUT2D eigenvalue weighted by Crippen LogP contribution is 2.31. The van der Waals surface area contributed by atoms with E-state index in [1.165, 1.54) is 17.7 Å². The Morgan fingerprint density at radius 1 is 1.14 bits per heavy atom. The van der Waals surface area contributed by atoms with Crippen LogP contribution in [0.25, 0.3) is 11.5 Å². The zero-order chi connectivity index (χ0) is 20.2. The van der Waals surface area contributed by atoms with Crippen LogP contribution >= 0.6 is 0 Å². The summed E-state index contributed by atoms with van der Waals surface area (Å²) in [6, 6.07) is 16.1. The minimum atomic E-state index is -0.128. The Balaban J connectivity index is 1.60. The molecule has 1 aliphatic rings. The average Bonchev–Trinajstić information content (AvgIpc) is 2.75. The first-order valence-corrected chi connectivity index (χ1v) is 10.1. The minimum absolute atomic E-state index is 0.128. The SMILES string of the molecule is CN(C)c1ccc(CN2CCCC[C@@H]2c2cc(=O)[nH]c(-c3ccccn3)n2)cc1. The van der Waals surface area contributed by atoms with E-state index in [4.69, 9.17) is 4.98 Å². The smallest absolute Gasteiger partial charge is 0.251 e. The summed E-state index contributed by atoms with van der Waals surface area (Å²) < 4.78 is 0. The number of anilines is 1. The van der Waals surface area contributed by atoms with E-state index in [0.717, 1.165) is 31.6 Å². The fourth-order valence-corrected chi connectivity index (χ4v) is 3.92. The molecule has 3 aromatic rings. The Morgan fingerprint density at radius 3 is 2.69 bits per heavy atom. The highest BCUT2D eigenvalue weighted by atomic mass is 16.1. The van der Waals surface area contributed by atoms with E-state index in [9.17, 15) is 4.79 Å². The van der Waals surface area contributed by atoms with Crippen LogP contribution in [0, 0.1) is 0 Å². The van der Waals surface area contributed by atoms with Gasteiger partial charge in [-0.25, -0.2) is 4.98 Å². The fraction of sp³-hybridized carbons (Fsp3) is 0.348. The molecule has 4 rings (SSSR count). The largest absolute Gasteiger partial charge is 0.378 e. The predicted molar refractivity (Wildman–Crippen MR) is 116 cm³/mol. The summed E-state index contributed by atoms with van der Waals surface area (Å²) in [4.78, 5) is 28.9. The molecule has 1 atom stereocenters. The molecule has 0 unspecified atom stereocenters. The van der Waals surface area contributed by atoms with Crippen LogP contribution in [-0.2, 0) is 6.54 Å². The van der Waals surface area contributed by atoms with Crippen LogP contribution in [0.2, 0.25) is 0 Å². The number of pyridine rings is 1. The molecule has 150 valence electrons. The van der Waals surface area contributed by atoms with Gasteiger partial charge in [0.15, 0.2) is 5.82 Å². The molecule has 1 saturated heterocycles. The van der Waals surface area contributed by atoms with Gasteiger partial charge in [-0.15, -0.1) is 0 Å². The van der Waals surface area contributed by atoms with Crippen LogP contribution in [0.15, 0.2) is 59.5 Å². The van der Waals surface area contributed by atoms with E-state index in [-0.39, 0.29) is 11.6 Å². The Labute approximate surface area is 171 Å². The maximum Gasteiger partial charge on any atom is 0.251 e. The first-order valence-electron chi connectivity index (χ1n) is 10.1. The standard InChI is InChI=1S/C23H27N5O/c1-27(2)18-11-9-17(10-12-18)16-28-14-6-4-8-21(28)20-15-22(29)26-23(25-20)19-7-3-5-13-24-19/h3,5,7,9-13,15,21H,4,6,8,14,16H2,1-2H3,(H,25,26,29)/t21-/m1/s1. The number of aromatic amines is 1. The number of piperidine rings is 1. The molecule has 1 N–H and O–H groups in total. The van der Waals surface area contributed by atoms with Gasteiger partial charge in [-0.05, 0) is 49.2 Å². The fourth-order valence-electron chi connectivity index (χ4n) is 3.92. The third-order valence-corrected chi connectivity index (χ3v) is 5.46. The van der Waals surface area contributed by atoms with Crippen LogP contribution in [0.3, 0.4) is 0 Å². The van der Waals surface area contributed by atoms with Crippen molar-refractivity contribution in [3.8, 4) is 11.5 Å². The molecule has 0 amide bonds. The number of nitrogens with zero attached hydrogens (tertiary/aromatic N) is 4. The summed E-state index contributed by atoms with van der Waals surface area (Å²) in [6.45, 7) is 1.86. The lowest BCUT2D eigenvalue weighted by atomic mass is 9.98. The molecule has 0 saturated carbocycles. The summed E-state index contributed by atoms with van der Waals surface area (Å²) in [5.41, 5.74) is 3.86. The van der Waals surface area contributed by atoms with Crippen molar-refractivity contribution in [1.29, 1.82) is 0 Å². The molecule has 0 aliphatic carbocycles. The molecule has 0 radical (unpaired) electrons. The molecule has 0 bridgehead atoms. The minimum Gasteiger partial charge on any atom is -0.378 e. The van der Waals surface area contributed by atoms with Gasteiger partial charge in [0.2, 0.25) is 0 Å². The van der Waals surface area contributed by atoms with Crippen molar-refractivity contribution in [3.63, 3.8) is 0 Å². The first-order chi connectivity index (χ1) is 14.1. The lowest BCUT2D eigenvalue weighted by molar-refractivity contribution is 0.137.